The van der Waals surface area contributed by atoms with E-state index >= 15 is 0 Å². The molecule has 0 aliphatic carbocycles. The molecule has 0 atom stereocenters. The molecule has 0 unspecified atom stereocenters. The SMILES string of the molecule is Nc1[nH]ncc1-c1cc(F)c(O)c(C(=O)O)c1. The minimum absolute atomic E-state index is 0.187. The molecule has 0 bridgehead atoms. The average molecular weight is 237 g/mol. The van der Waals surface area contributed by atoms with Crippen LogP contribution in [0, 0.1) is 5.82 Å². The van der Waals surface area contributed by atoms with Crippen LogP contribution in [-0.2, 0) is 0 Å². The number of carbonyl (C=O) groups is 1. The first-order valence-corrected chi connectivity index (χ1v) is 4.55. The van der Waals surface area contributed by atoms with Gasteiger partial charge >= 0.3 is 5.97 Å². The number of nitrogen functional groups attached to an aromatic ring is 1. The van der Waals surface area contributed by atoms with E-state index in [1.165, 1.54) is 6.20 Å². The van der Waals surface area contributed by atoms with Gasteiger partial charge in [0.1, 0.15) is 11.4 Å². The summed E-state index contributed by atoms with van der Waals surface area (Å²) in [6, 6.07) is 2.12. The monoisotopic (exact) mass is 237 g/mol. The number of aromatic amines is 1. The molecule has 1 aromatic carbocycles. The van der Waals surface area contributed by atoms with E-state index in [9.17, 15) is 14.3 Å². The second kappa shape index (κ2) is 3.78. The number of aromatic hydroxyl groups is 1. The normalized spacial score (nSPS) is 10.4. The fraction of sp³-hybridized carbons (Fsp3) is 0. The van der Waals surface area contributed by atoms with Crippen molar-refractivity contribution in [2.24, 2.45) is 0 Å². The van der Waals surface area contributed by atoms with Crippen molar-refractivity contribution in [1.82, 2.24) is 10.2 Å². The zero-order chi connectivity index (χ0) is 12.6. The Morgan fingerprint density at radius 1 is 1.47 bits per heavy atom. The third kappa shape index (κ3) is 1.78. The lowest BCUT2D eigenvalue weighted by molar-refractivity contribution is 0.0693. The average Bonchev–Trinajstić information content (AvgIpc) is 2.68. The maximum absolute atomic E-state index is 13.3. The van der Waals surface area contributed by atoms with Crippen LogP contribution in [0.1, 0.15) is 10.4 Å². The molecule has 0 fully saturated rings. The quantitative estimate of drug-likeness (QED) is 0.627. The van der Waals surface area contributed by atoms with E-state index in [1.54, 1.807) is 0 Å². The van der Waals surface area contributed by atoms with Gasteiger partial charge in [0.2, 0.25) is 0 Å². The molecule has 1 heterocycles. The number of aromatic carboxylic acids is 1. The Labute approximate surface area is 94.5 Å². The number of carboxylic acids is 1. The molecule has 88 valence electrons. The minimum Gasteiger partial charge on any atom is -0.504 e. The third-order valence-electron chi connectivity index (χ3n) is 2.27. The van der Waals surface area contributed by atoms with Crippen LogP contribution in [0.25, 0.3) is 11.1 Å². The molecule has 2 rings (SSSR count). The lowest BCUT2D eigenvalue weighted by atomic mass is 10.0. The van der Waals surface area contributed by atoms with Gasteiger partial charge in [-0.15, -0.1) is 0 Å². The molecule has 0 radical (unpaired) electrons. The second-order valence-corrected chi connectivity index (χ2v) is 3.36. The van der Waals surface area contributed by atoms with Crippen molar-refractivity contribution in [2.75, 3.05) is 5.73 Å². The molecule has 5 N–H and O–H groups in total. The Morgan fingerprint density at radius 2 is 2.18 bits per heavy atom. The second-order valence-electron chi connectivity index (χ2n) is 3.36. The highest BCUT2D eigenvalue weighted by atomic mass is 19.1. The van der Waals surface area contributed by atoms with Gasteiger partial charge in [0.15, 0.2) is 11.6 Å². The molecule has 0 spiro atoms. The molecule has 1 aromatic heterocycles. The maximum atomic E-state index is 13.3. The summed E-state index contributed by atoms with van der Waals surface area (Å²) in [7, 11) is 0. The van der Waals surface area contributed by atoms with E-state index < -0.39 is 23.1 Å². The molecular weight excluding hydrogens is 229 g/mol. The molecule has 0 saturated carbocycles. The first-order valence-electron chi connectivity index (χ1n) is 4.55. The predicted molar refractivity (Wildman–Crippen MR) is 57.0 cm³/mol. The predicted octanol–water partition coefficient (Wildman–Crippen LogP) is 1.20. The van der Waals surface area contributed by atoms with Crippen molar-refractivity contribution in [1.29, 1.82) is 0 Å². The van der Waals surface area contributed by atoms with Gasteiger partial charge in [-0.2, -0.15) is 5.10 Å². The first kappa shape index (κ1) is 10.9. The summed E-state index contributed by atoms with van der Waals surface area (Å²) < 4.78 is 13.3. The van der Waals surface area contributed by atoms with Crippen LogP contribution in [-0.4, -0.2) is 26.4 Å². The highest BCUT2D eigenvalue weighted by Crippen LogP contribution is 2.30. The minimum atomic E-state index is -1.43. The number of phenols is 1. The zero-order valence-electron chi connectivity index (χ0n) is 8.44. The molecule has 0 amide bonds. The van der Waals surface area contributed by atoms with Gasteiger partial charge in [0, 0.05) is 5.56 Å². The number of nitrogens with one attached hydrogen (secondary N) is 1. The highest BCUT2D eigenvalue weighted by molar-refractivity contribution is 5.93. The Bertz CT molecular complexity index is 594. The number of H-pyrrole nitrogens is 1. The topological polar surface area (TPSA) is 112 Å². The van der Waals surface area contributed by atoms with Crippen molar-refractivity contribution in [3.8, 4) is 16.9 Å². The van der Waals surface area contributed by atoms with Crippen LogP contribution in [0.2, 0.25) is 0 Å². The number of halogens is 1. The summed E-state index contributed by atoms with van der Waals surface area (Å²) in [5.74, 6) is -3.17. The summed E-state index contributed by atoms with van der Waals surface area (Å²) >= 11 is 0. The number of hydrogen-bond acceptors (Lipinski definition) is 4. The van der Waals surface area contributed by atoms with E-state index in [1.807, 2.05) is 0 Å². The van der Waals surface area contributed by atoms with Gasteiger partial charge in [0.05, 0.1) is 6.20 Å². The van der Waals surface area contributed by atoms with Crippen LogP contribution in [0.15, 0.2) is 18.3 Å². The number of hydrogen-bond donors (Lipinski definition) is 4. The van der Waals surface area contributed by atoms with Crippen LogP contribution in [0.4, 0.5) is 10.2 Å². The smallest absolute Gasteiger partial charge is 0.339 e. The summed E-state index contributed by atoms with van der Waals surface area (Å²) in [6.45, 7) is 0. The van der Waals surface area contributed by atoms with Crippen molar-refractivity contribution in [3.63, 3.8) is 0 Å². The Morgan fingerprint density at radius 3 is 2.71 bits per heavy atom. The zero-order valence-corrected chi connectivity index (χ0v) is 8.44. The van der Waals surface area contributed by atoms with E-state index in [0.717, 1.165) is 12.1 Å². The lowest BCUT2D eigenvalue weighted by Crippen LogP contribution is -1.99. The van der Waals surface area contributed by atoms with Gasteiger partial charge in [-0.25, -0.2) is 9.18 Å². The van der Waals surface area contributed by atoms with Gasteiger partial charge in [-0.05, 0) is 17.7 Å². The Balaban J connectivity index is 2.65. The summed E-state index contributed by atoms with van der Waals surface area (Å²) in [4.78, 5) is 10.8. The molecule has 0 aliphatic rings. The van der Waals surface area contributed by atoms with Crippen molar-refractivity contribution in [2.45, 2.75) is 0 Å². The third-order valence-corrected chi connectivity index (χ3v) is 2.27. The van der Waals surface area contributed by atoms with Gasteiger partial charge in [0.25, 0.3) is 0 Å². The molecule has 17 heavy (non-hydrogen) atoms. The van der Waals surface area contributed by atoms with Gasteiger partial charge in [-0.3, -0.25) is 5.10 Å². The Kier molecular flexibility index (Phi) is 2.43. The van der Waals surface area contributed by atoms with Crippen LogP contribution >= 0.6 is 0 Å². The first-order chi connectivity index (χ1) is 8.00. The molecule has 0 aliphatic heterocycles. The number of nitrogens with zero attached hydrogens (tertiary/aromatic N) is 1. The number of benzene rings is 1. The fourth-order valence-electron chi connectivity index (χ4n) is 1.44. The van der Waals surface area contributed by atoms with Crippen molar-refractivity contribution >= 4 is 11.8 Å². The number of carboxylic acid groups (broad SMARTS) is 1. The lowest BCUT2D eigenvalue weighted by Gasteiger charge is -2.05. The molecular formula is C10H8FN3O3. The summed E-state index contributed by atoms with van der Waals surface area (Å²) in [5, 5.41) is 24.1. The van der Waals surface area contributed by atoms with E-state index in [0.29, 0.717) is 5.56 Å². The molecule has 0 saturated heterocycles. The molecule has 6 nitrogen and oxygen atoms in total. The molecule has 7 heteroatoms. The molecule has 2 aromatic rings. The Hall–Kier alpha value is -2.57. The van der Waals surface area contributed by atoms with E-state index in [2.05, 4.69) is 10.2 Å². The summed E-state index contributed by atoms with van der Waals surface area (Å²) in [5.41, 5.74) is 5.60. The van der Waals surface area contributed by atoms with Crippen LogP contribution in [0.3, 0.4) is 0 Å². The number of aromatic nitrogens is 2. The number of nitrogens with two attached hydrogens (primary N) is 1. The van der Waals surface area contributed by atoms with Crippen LogP contribution < -0.4 is 5.73 Å². The van der Waals surface area contributed by atoms with Gasteiger partial charge in [-0.1, -0.05) is 0 Å². The maximum Gasteiger partial charge on any atom is 0.339 e. The van der Waals surface area contributed by atoms with Crippen molar-refractivity contribution in [3.05, 3.63) is 29.7 Å². The van der Waals surface area contributed by atoms with E-state index in [4.69, 9.17) is 10.8 Å². The van der Waals surface area contributed by atoms with Crippen LogP contribution in [0.5, 0.6) is 5.75 Å². The summed E-state index contributed by atoms with van der Waals surface area (Å²) in [6.07, 6.45) is 1.34. The van der Waals surface area contributed by atoms with E-state index in [-0.39, 0.29) is 11.4 Å². The highest BCUT2D eigenvalue weighted by Gasteiger charge is 2.17. The standard InChI is InChI=1S/C10H8FN3O3/c11-7-2-4(6-3-13-14-9(6)12)1-5(8(7)15)10(16)17/h1-3,15H,(H,16,17)(H3,12,13,14). The largest absolute Gasteiger partial charge is 0.504 e. The van der Waals surface area contributed by atoms with Crippen molar-refractivity contribution < 1.29 is 19.4 Å². The number of rotatable bonds is 2. The van der Waals surface area contributed by atoms with Gasteiger partial charge < -0.3 is 15.9 Å². The number of anilines is 1. The fourth-order valence-corrected chi connectivity index (χ4v) is 1.44.